The average molecular weight is 256 g/mol. The van der Waals surface area contributed by atoms with Gasteiger partial charge in [-0.2, -0.15) is 5.10 Å². The molecule has 0 saturated heterocycles. The van der Waals surface area contributed by atoms with Crippen LogP contribution in [0.2, 0.25) is 0 Å². The van der Waals surface area contributed by atoms with Gasteiger partial charge in [-0.25, -0.2) is 0 Å². The van der Waals surface area contributed by atoms with Crippen LogP contribution in [-0.2, 0) is 6.54 Å². The second-order valence-electron chi connectivity index (χ2n) is 5.29. The number of aliphatic hydroxyl groups is 2. The lowest BCUT2D eigenvalue weighted by Crippen LogP contribution is -2.43. The Morgan fingerprint density at radius 3 is 2.67 bits per heavy atom. The van der Waals surface area contributed by atoms with E-state index in [2.05, 4.69) is 5.10 Å². The van der Waals surface area contributed by atoms with Crippen molar-refractivity contribution in [1.29, 1.82) is 0 Å². The third kappa shape index (κ3) is 5.48. The van der Waals surface area contributed by atoms with Crippen LogP contribution in [0, 0.1) is 0 Å². The maximum atomic E-state index is 9.99. The summed E-state index contributed by atoms with van der Waals surface area (Å²) in [4.78, 5) is 2.01. The van der Waals surface area contributed by atoms with Gasteiger partial charge in [0.15, 0.2) is 0 Å². The number of hydrogen-bond donors (Lipinski definition) is 3. The molecule has 0 aromatic carbocycles. The van der Waals surface area contributed by atoms with Crippen molar-refractivity contribution >= 4 is 5.69 Å². The zero-order valence-corrected chi connectivity index (χ0v) is 11.4. The Hall–Kier alpha value is -1.11. The first kappa shape index (κ1) is 14.9. The van der Waals surface area contributed by atoms with Crippen LogP contribution in [0.3, 0.4) is 0 Å². The fourth-order valence-corrected chi connectivity index (χ4v) is 1.90. The van der Waals surface area contributed by atoms with Crippen LogP contribution in [0.5, 0.6) is 0 Å². The molecule has 0 fully saturated rings. The minimum absolute atomic E-state index is 0.402. The van der Waals surface area contributed by atoms with Crippen molar-refractivity contribution in [3.05, 3.63) is 12.4 Å². The Labute approximate surface area is 108 Å². The monoisotopic (exact) mass is 256 g/mol. The molecule has 0 bridgehead atoms. The van der Waals surface area contributed by atoms with E-state index in [1.165, 1.54) is 0 Å². The normalized spacial score (nSPS) is 14.1. The summed E-state index contributed by atoms with van der Waals surface area (Å²) in [6.45, 7) is 7.74. The molecule has 1 atom stereocenters. The molecule has 0 aliphatic rings. The van der Waals surface area contributed by atoms with Crippen molar-refractivity contribution in [3.8, 4) is 0 Å². The third-order valence-corrected chi connectivity index (χ3v) is 2.58. The van der Waals surface area contributed by atoms with E-state index in [4.69, 9.17) is 5.73 Å². The van der Waals surface area contributed by atoms with Crippen LogP contribution in [0.25, 0.3) is 0 Å². The van der Waals surface area contributed by atoms with E-state index in [1.807, 2.05) is 11.8 Å². The molecule has 4 N–H and O–H groups in total. The number of anilines is 1. The van der Waals surface area contributed by atoms with Crippen molar-refractivity contribution in [2.45, 2.75) is 39.0 Å². The first-order chi connectivity index (χ1) is 8.30. The largest absolute Gasteiger partial charge is 0.396 e. The standard InChI is InChI=1S/C12H24N4O2/c1-4-15(9-12(2,3)18)7-11(17)8-16-6-10(13)5-14-16/h5-6,11,17-18H,4,7-9,13H2,1-3H3. The predicted molar refractivity (Wildman–Crippen MR) is 71.1 cm³/mol. The van der Waals surface area contributed by atoms with E-state index < -0.39 is 11.7 Å². The minimum atomic E-state index is -0.758. The molecule has 1 unspecified atom stereocenters. The molecule has 1 aromatic rings. The first-order valence-electron chi connectivity index (χ1n) is 6.21. The summed E-state index contributed by atoms with van der Waals surface area (Å²) >= 11 is 0. The number of aliphatic hydroxyl groups excluding tert-OH is 1. The molecule has 0 spiro atoms. The highest BCUT2D eigenvalue weighted by molar-refractivity contribution is 5.30. The van der Waals surface area contributed by atoms with Crippen molar-refractivity contribution in [1.82, 2.24) is 14.7 Å². The lowest BCUT2D eigenvalue weighted by molar-refractivity contribution is 0.0173. The van der Waals surface area contributed by atoms with Crippen LogP contribution in [-0.4, -0.2) is 56.2 Å². The molecule has 104 valence electrons. The smallest absolute Gasteiger partial charge is 0.0862 e. The zero-order chi connectivity index (χ0) is 13.8. The van der Waals surface area contributed by atoms with Gasteiger partial charge in [0, 0.05) is 19.3 Å². The van der Waals surface area contributed by atoms with E-state index in [1.54, 1.807) is 30.9 Å². The van der Waals surface area contributed by atoms with Crippen molar-refractivity contribution < 1.29 is 10.2 Å². The van der Waals surface area contributed by atoms with Gasteiger partial charge in [0.1, 0.15) is 0 Å². The van der Waals surface area contributed by atoms with Gasteiger partial charge >= 0.3 is 0 Å². The summed E-state index contributed by atoms with van der Waals surface area (Å²) in [5, 5.41) is 23.8. The van der Waals surface area contributed by atoms with Gasteiger partial charge < -0.3 is 15.9 Å². The molecule has 1 rings (SSSR count). The Bertz CT molecular complexity index is 359. The van der Waals surface area contributed by atoms with Gasteiger partial charge in [-0.1, -0.05) is 6.92 Å². The molecule has 0 aliphatic carbocycles. The third-order valence-electron chi connectivity index (χ3n) is 2.58. The maximum Gasteiger partial charge on any atom is 0.0862 e. The van der Waals surface area contributed by atoms with Crippen LogP contribution in [0.1, 0.15) is 20.8 Å². The summed E-state index contributed by atoms with van der Waals surface area (Å²) in [6, 6.07) is 0. The summed E-state index contributed by atoms with van der Waals surface area (Å²) in [6.07, 6.45) is 2.71. The number of nitrogen functional groups attached to an aromatic ring is 1. The van der Waals surface area contributed by atoms with Gasteiger partial charge in [-0.15, -0.1) is 0 Å². The second kappa shape index (κ2) is 6.17. The lowest BCUT2D eigenvalue weighted by Gasteiger charge is -2.29. The Morgan fingerprint density at radius 1 is 1.56 bits per heavy atom. The molecular weight excluding hydrogens is 232 g/mol. The number of nitrogens with zero attached hydrogens (tertiary/aromatic N) is 3. The second-order valence-corrected chi connectivity index (χ2v) is 5.29. The number of hydrogen-bond acceptors (Lipinski definition) is 5. The van der Waals surface area contributed by atoms with Gasteiger partial charge in [0.05, 0.1) is 30.1 Å². The van der Waals surface area contributed by atoms with Gasteiger partial charge in [0.2, 0.25) is 0 Å². The van der Waals surface area contributed by atoms with Crippen LogP contribution in [0.4, 0.5) is 5.69 Å². The van der Waals surface area contributed by atoms with E-state index in [-0.39, 0.29) is 0 Å². The van der Waals surface area contributed by atoms with Crippen molar-refractivity contribution in [2.75, 3.05) is 25.4 Å². The number of likely N-dealkylation sites (N-methyl/N-ethyl adjacent to an activating group) is 1. The van der Waals surface area contributed by atoms with Gasteiger partial charge in [0.25, 0.3) is 0 Å². The Balaban J connectivity index is 2.44. The van der Waals surface area contributed by atoms with E-state index >= 15 is 0 Å². The van der Waals surface area contributed by atoms with Gasteiger partial charge in [-0.3, -0.25) is 9.58 Å². The first-order valence-corrected chi connectivity index (χ1v) is 6.21. The number of rotatable bonds is 7. The zero-order valence-electron chi connectivity index (χ0n) is 11.4. The molecule has 6 heteroatoms. The van der Waals surface area contributed by atoms with E-state index in [0.717, 1.165) is 6.54 Å². The van der Waals surface area contributed by atoms with Crippen LogP contribution < -0.4 is 5.73 Å². The highest BCUT2D eigenvalue weighted by Gasteiger charge is 2.19. The van der Waals surface area contributed by atoms with Gasteiger partial charge in [-0.05, 0) is 20.4 Å². The number of aromatic nitrogens is 2. The topological polar surface area (TPSA) is 87.5 Å². The van der Waals surface area contributed by atoms with Crippen molar-refractivity contribution in [2.24, 2.45) is 0 Å². The molecule has 0 amide bonds. The van der Waals surface area contributed by atoms with E-state index in [9.17, 15) is 10.2 Å². The molecule has 0 saturated carbocycles. The molecule has 6 nitrogen and oxygen atoms in total. The molecule has 0 aliphatic heterocycles. The lowest BCUT2D eigenvalue weighted by atomic mass is 10.1. The summed E-state index contributed by atoms with van der Waals surface area (Å²) in [5.74, 6) is 0. The summed E-state index contributed by atoms with van der Waals surface area (Å²) in [5.41, 5.74) is 5.39. The Morgan fingerprint density at radius 2 is 2.22 bits per heavy atom. The van der Waals surface area contributed by atoms with E-state index in [0.29, 0.717) is 25.3 Å². The minimum Gasteiger partial charge on any atom is -0.396 e. The SMILES string of the molecule is CCN(CC(O)Cn1cc(N)cn1)CC(C)(C)O. The molecule has 1 aromatic heterocycles. The van der Waals surface area contributed by atoms with Crippen molar-refractivity contribution in [3.63, 3.8) is 0 Å². The average Bonchev–Trinajstić information content (AvgIpc) is 2.60. The quantitative estimate of drug-likeness (QED) is 0.635. The number of nitrogens with two attached hydrogens (primary N) is 1. The molecular formula is C12H24N4O2. The molecule has 1 heterocycles. The Kier molecular flexibility index (Phi) is 5.13. The molecule has 18 heavy (non-hydrogen) atoms. The van der Waals surface area contributed by atoms with Crippen LogP contribution in [0.15, 0.2) is 12.4 Å². The predicted octanol–water partition coefficient (Wildman–Crippen LogP) is -0.0810. The van der Waals surface area contributed by atoms with Crippen LogP contribution >= 0.6 is 0 Å². The summed E-state index contributed by atoms with van der Waals surface area (Å²) in [7, 11) is 0. The summed E-state index contributed by atoms with van der Waals surface area (Å²) < 4.78 is 1.62. The highest BCUT2D eigenvalue weighted by Crippen LogP contribution is 2.06. The molecule has 0 radical (unpaired) electrons. The fraction of sp³-hybridized carbons (Fsp3) is 0.750. The maximum absolute atomic E-state index is 9.99. The highest BCUT2D eigenvalue weighted by atomic mass is 16.3. The fourth-order valence-electron chi connectivity index (χ4n) is 1.90.